The van der Waals surface area contributed by atoms with Crippen LogP contribution in [-0.4, -0.2) is 32.1 Å². The van der Waals surface area contributed by atoms with E-state index in [4.69, 9.17) is 4.74 Å². The van der Waals surface area contributed by atoms with Crippen molar-refractivity contribution < 1.29 is 9.53 Å². The quantitative estimate of drug-likeness (QED) is 0.297. The van der Waals surface area contributed by atoms with Crippen LogP contribution < -0.4 is 20.7 Å². The summed E-state index contributed by atoms with van der Waals surface area (Å²) in [6.45, 7) is 5.34. The molecule has 0 aliphatic heterocycles. The molecule has 2 aromatic carbocycles. The highest BCUT2D eigenvalue weighted by Gasteiger charge is 2.07. The molecular formula is C21H29IN4O2. The summed E-state index contributed by atoms with van der Waals surface area (Å²) in [6, 6.07) is 15.7. The van der Waals surface area contributed by atoms with Crippen LogP contribution in [0.25, 0.3) is 0 Å². The number of carbonyl (C=O) groups is 1. The Balaban J connectivity index is 0.00000392. The first-order chi connectivity index (χ1) is 13.2. The van der Waals surface area contributed by atoms with Crippen molar-refractivity contribution in [2.24, 2.45) is 4.99 Å². The summed E-state index contributed by atoms with van der Waals surface area (Å²) in [7, 11) is 1.67. The number of anilines is 1. The van der Waals surface area contributed by atoms with Gasteiger partial charge in [0.25, 0.3) is 0 Å². The Morgan fingerprint density at radius 3 is 2.57 bits per heavy atom. The number of aliphatic imine (C=N–C) groups is 1. The van der Waals surface area contributed by atoms with Crippen molar-refractivity contribution in [2.75, 3.05) is 25.5 Å². The molecule has 0 bridgehead atoms. The summed E-state index contributed by atoms with van der Waals surface area (Å²) in [6.07, 6.45) is 0.932. The molecule has 2 rings (SSSR count). The molecule has 0 atom stereocenters. The fraction of sp³-hybridized carbons (Fsp3) is 0.333. The van der Waals surface area contributed by atoms with Crippen molar-refractivity contribution in [2.45, 2.75) is 26.8 Å². The van der Waals surface area contributed by atoms with Crippen molar-refractivity contribution in [3.8, 4) is 5.75 Å². The van der Waals surface area contributed by atoms with Crippen LogP contribution in [0.5, 0.6) is 5.75 Å². The van der Waals surface area contributed by atoms with Crippen LogP contribution in [0.3, 0.4) is 0 Å². The molecule has 0 saturated heterocycles. The van der Waals surface area contributed by atoms with Crippen molar-refractivity contribution in [3.05, 3.63) is 59.7 Å². The minimum Gasteiger partial charge on any atom is -0.494 e. The molecule has 152 valence electrons. The van der Waals surface area contributed by atoms with Gasteiger partial charge in [0, 0.05) is 24.8 Å². The van der Waals surface area contributed by atoms with E-state index in [1.165, 1.54) is 5.56 Å². The Kier molecular flexibility index (Phi) is 11.0. The first kappa shape index (κ1) is 23.7. The van der Waals surface area contributed by atoms with Gasteiger partial charge in [-0.2, -0.15) is 0 Å². The molecule has 0 saturated carbocycles. The van der Waals surface area contributed by atoms with Crippen LogP contribution in [0.1, 0.15) is 25.0 Å². The summed E-state index contributed by atoms with van der Waals surface area (Å²) in [5.74, 6) is 1.27. The van der Waals surface area contributed by atoms with Gasteiger partial charge >= 0.3 is 0 Å². The molecule has 0 spiro atoms. The normalized spacial score (nSPS) is 10.6. The van der Waals surface area contributed by atoms with Crippen molar-refractivity contribution in [1.82, 2.24) is 10.6 Å². The highest BCUT2D eigenvalue weighted by Crippen LogP contribution is 2.17. The van der Waals surface area contributed by atoms with Crippen molar-refractivity contribution in [1.29, 1.82) is 0 Å². The summed E-state index contributed by atoms with van der Waals surface area (Å²) in [5, 5.41) is 9.12. The molecule has 3 N–H and O–H groups in total. The topological polar surface area (TPSA) is 74.8 Å². The largest absolute Gasteiger partial charge is 0.494 e. The van der Waals surface area contributed by atoms with E-state index < -0.39 is 0 Å². The van der Waals surface area contributed by atoms with Gasteiger partial charge in [-0.25, -0.2) is 0 Å². The standard InChI is InChI=1S/C21H28N4O2.HI/c1-4-16-9-8-11-18(13-16)25-20(26)15-24-21(22-3)23-14-17-10-6-7-12-19(17)27-5-2;/h6-13H,4-5,14-15H2,1-3H3,(H,25,26)(H2,22,23,24);1H. The first-order valence-corrected chi connectivity index (χ1v) is 9.20. The molecule has 0 aromatic heterocycles. The lowest BCUT2D eigenvalue weighted by atomic mass is 10.1. The number of hydrogen-bond donors (Lipinski definition) is 3. The van der Waals surface area contributed by atoms with E-state index in [-0.39, 0.29) is 36.4 Å². The van der Waals surface area contributed by atoms with Crippen molar-refractivity contribution >= 4 is 41.5 Å². The third-order valence-corrected chi connectivity index (χ3v) is 3.98. The van der Waals surface area contributed by atoms with Gasteiger partial charge in [0.05, 0.1) is 13.2 Å². The highest BCUT2D eigenvalue weighted by molar-refractivity contribution is 14.0. The monoisotopic (exact) mass is 496 g/mol. The number of halogens is 1. The maximum Gasteiger partial charge on any atom is 0.243 e. The zero-order chi connectivity index (χ0) is 19.5. The van der Waals surface area contributed by atoms with Crippen LogP contribution in [0.15, 0.2) is 53.5 Å². The average Bonchev–Trinajstić information content (AvgIpc) is 2.69. The number of para-hydroxylation sites is 1. The maximum absolute atomic E-state index is 12.2. The van der Waals surface area contributed by atoms with E-state index in [1.54, 1.807) is 7.05 Å². The Morgan fingerprint density at radius 1 is 1.07 bits per heavy atom. The number of nitrogens with zero attached hydrogens (tertiary/aromatic N) is 1. The summed E-state index contributed by atoms with van der Waals surface area (Å²) in [4.78, 5) is 16.3. The van der Waals surface area contributed by atoms with Crippen LogP contribution >= 0.6 is 24.0 Å². The van der Waals surface area contributed by atoms with Gasteiger partial charge in [-0.3, -0.25) is 9.79 Å². The molecule has 0 unspecified atom stereocenters. The SMILES string of the molecule is CCOc1ccccc1CNC(=NC)NCC(=O)Nc1cccc(CC)c1.I. The molecule has 0 aliphatic carbocycles. The molecule has 28 heavy (non-hydrogen) atoms. The predicted molar refractivity (Wildman–Crippen MR) is 126 cm³/mol. The molecule has 0 radical (unpaired) electrons. The van der Waals surface area contributed by atoms with E-state index in [0.717, 1.165) is 23.4 Å². The van der Waals surface area contributed by atoms with Crippen LogP contribution in [0.4, 0.5) is 5.69 Å². The molecule has 7 heteroatoms. The second-order valence-electron chi connectivity index (χ2n) is 5.92. The molecule has 0 fully saturated rings. The third kappa shape index (κ3) is 7.75. The van der Waals surface area contributed by atoms with E-state index in [2.05, 4.69) is 27.9 Å². The Labute approximate surface area is 184 Å². The second kappa shape index (κ2) is 13.0. The minimum atomic E-state index is -0.124. The van der Waals surface area contributed by atoms with Gasteiger partial charge in [0.15, 0.2) is 5.96 Å². The van der Waals surface area contributed by atoms with Crippen LogP contribution in [0.2, 0.25) is 0 Å². The summed E-state index contributed by atoms with van der Waals surface area (Å²) < 4.78 is 5.62. The zero-order valence-electron chi connectivity index (χ0n) is 16.6. The number of carbonyl (C=O) groups excluding carboxylic acids is 1. The van der Waals surface area contributed by atoms with Gasteiger partial charge in [-0.1, -0.05) is 37.3 Å². The third-order valence-electron chi connectivity index (χ3n) is 3.98. The Hall–Kier alpha value is -2.29. The van der Waals surface area contributed by atoms with E-state index in [1.807, 2.05) is 55.5 Å². The lowest BCUT2D eigenvalue weighted by molar-refractivity contribution is -0.115. The minimum absolute atomic E-state index is 0. The van der Waals surface area contributed by atoms with Crippen molar-refractivity contribution in [3.63, 3.8) is 0 Å². The summed E-state index contributed by atoms with van der Waals surface area (Å²) >= 11 is 0. The summed E-state index contributed by atoms with van der Waals surface area (Å²) in [5.41, 5.74) is 3.02. The van der Waals surface area contributed by atoms with E-state index in [0.29, 0.717) is 19.1 Å². The van der Waals surface area contributed by atoms with Crippen LogP contribution in [0, 0.1) is 0 Å². The molecule has 0 heterocycles. The predicted octanol–water partition coefficient (Wildman–Crippen LogP) is 3.57. The second-order valence-corrected chi connectivity index (χ2v) is 5.92. The number of benzene rings is 2. The number of aryl methyl sites for hydroxylation is 1. The molecule has 2 aromatic rings. The number of amides is 1. The number of nitrogens with one attached hydrogen (secondary N) is 3. The molecule has 6 nitrogen and oxygen atoms in total. The van der Waals surface area contributed by atoms with Gasteiger partial charge in [-0.05, 0) is 37.1 Å². The first-order valence-electron chi connectivity index (χ1n) is 9.20. The Morgan fingerprint density at radius 2 is 1.86 bits per heavy atom. The Bertz CT molecular complexity index is 781. The fourth-order valence-electron chi connectivity index (χ4n) is 2.58. The zero-order valence-corrected chi connectivity index (χ0v) is 18.9. The van der Waals surface area contributed by atoms with Gasteiger partial charge in [0.2, 0.25) is 5.91 Å². The van der Waals surface area contributed by atoms with Gasteiger partial charge in [0.1, 0.15) is 5.75 Å². The van der Waals surface area contributed by atoms with Gasteiger partial charge < -0.3 is 20.7 Å². The molecule has 1 amide bonds. The number of ether oxygens (including phenoxy) is 1. The number of rotatable bonds is 8. The molecule has 0 aliphatic rings. The van der Waals surface area contributed by atoms with Gasteiger partial charge in [-0.15, -0.1) is 24.0 Å². The smallest absolute Gasteiger partial charge is 0.243 e. The number of guanidine groups is 1. The number of hydrogen-bond acceptors (Lipinski definition) is 3. The lowest BCUT2D eigenvalue weighted by Crippen LogP contribution is -2.41. The highest BCUT2D eigenvalue weighted by atomic mass is 127. The maximum atomic E-state index is 12.2. The lowest BCUT2D eigenvalue weighted by Gasteiger charge is -2.14. The average molecular weight is 496 g/mol. The molecular weight excluding hydrogens is 467 g/mol. The van der Waals surface area contributed by atoms with Crippen LogP contribution in [-0.2, 0) is 17.8 Å². The van der Waals surface area contributed by atoms with E-state index in [9.17, 15) is 4.79 Å². The fourth-order valence-corrected chi connectivity index (χ4v) is 2.58. The van der Waals surface area contributed by atoms with E-state index >= 15 is 0 Å².